The van der Waals surface area contributed by atoms with Crippen molar-refractivity contribution >= 4 is 0 Å². The number of hydrogen-bond acceptors (Lipinski definition) is 2. The molecule has 1 saturated heterocycles. The fraction of sp³-hybridized carbons (Fsp3) is 0.600. The van der Waals surface area contributed by atoms with E-state index in [9.17, 15) is 4.39 Å². The lowest BCUT2D eigenvalue weighted by Gasteiger charge is -2.30. The number of nitrogens with zero attached hydrogens (tertiary/aromatic N) is 1. The lowest BCUT2D eigenvalue weighted by Crippen LogP contribution is -2.33. The van der Waals surface area contributed by atoms with Crippen molar-refractivity contribution in [3.63, 3.8) is 0 Å². The molecule has 0 bridgehead atoms. The van der Waals surface area contributed by atoms with Crippen LogP contribution in [-0.2, 0) is 12.8 Å². The molecule has 0 saturated carbocycles. The fourth-order valence-corrected chi connectivity index (χ4v) is 3.26. The normalized spacial score (nSPS) is 23.8. The lowest BCUT2D eigenvalue weighted by atomic mass is 9.89. The summed E-state index contributed by atoms with van der Waals surface area (Å²) in [5.74, 6) is 1.44. The minimum atomic E-state index is -0.0486. The van der Waals surface area contributed by atoms with Crippen LogP contribution in [0.3, 0.4) is 0 Å². The molecule has 1 atom stereocenters. The topological polar surface area (TPSA) is 12.5 Å². The van der Waals surface area contributed by atoms with Gasteiger partial charge in [-0.05, 0) is 56.5 Å². The second-order valence-electron chi connectivity index (χ2n) is 5.58. The molecule has 0 radical (unpaired) electrons. The van der Waals surface area contributed by atoms with Crippen LogP contribution in [0.4, 0.5) is 4.39 Å². The molecule has 0 unspecified atom stereocenters. The Balaban J connectivity index is 1.82. The number of ether oxygens (including phenoxy) is 1. The first-order valence-electron chi connectivity index (χ1n) is 6.85. The van der Waals surface area contributed by atoms with Gasteiger partial charge in [-0.2, -0.15) is 0 Å². The molecule has 0 aliphatic carbocycles. The molecule has 0 aromatic heterocycles. The monoisotopic (exact) mass is 249 g/mol. The Labute approximate surface area is 108 Å². The fourth-order valence-electron chi connectivity index (χ4n) is 3.26. The van der Waals surface area contributed by atoms with Crippen molar-refractivity contribution in [3.8, 4) is 5.75 Å². The van der Waals surface area contributed by atoms with Gasteiger partial charge in [-0.1, -0.05) is 0 Å². The quantitative estimate of drug-likeness (QED) is 0.799. The predicted molar refractivity (Wildman–Crippen MR) is 69.5 cm³/mol. The minimum absolute atomic E-state index is 0.0486. The maximum Gasteiger partial charge on any atom is 0.126 e. The maximum absolute atomic E-state index is 14.0. The molecule has 2 nitrogen and oxygen atoms in total. The predicted octanol–water partition coefficient (Wildman–Crippen LogP) is 2.64. The smallest absolute Gasteiger partial charge is 0.126 e. The van der Waals surface area contributed by atoms with Gasteiger partial charge in [0, 0.05) is 18.5 Å². The van der Waals surface area contributed by atoms with Crippen LogP contribution in [0.5, 0.6) is 5.75 Å². The number of hydrogen-bond donors (Lipinski definition) is 0. The Morgan fingerprint density at radius 1 is 1.44 bits per heavy atom. The third-order valence-corrected chi connectivity index (χ3v) is 4.16. The molecule has 1 aromatic carbocycles. The van der Waals surface area contributed by atoms with E-state index in [4.69, 9.17) is 4.74 Å². The lowest BCUT2D eigenvalue weighted by molar-refractivity contribution is 0.208. The molecule has 2 heterocycles. The van der Waals surface area contributed by atoms with Crippen molar-refractivity contribution in [2.45, 2.75) is 25.7 Å². The first-order valence-corrected chi connectivity index (χ1v) is 6.85. The van der Waals surface area contributed by atoms with Gasteiger partial charge in [0.25, 0.3) is 0 Å². The number of fused-ring (bicyclic) bond motifs is 1. The molecule has 1 aromatic rings. The van der Waals surface area contributed by atoms with Gasteiger partial charge in [0.05, 0.1) is 6.61 Å². The van der Waals surface area contributed by atoms with Crippen LogP contribution in [0.25, 0.3) is 0 Å². The van der Waals surface area contributed by atoms with Crippen LogP contribution in [0, 0.1) is 11.7 Å². The zero-order valence-corrected chi connectivity index (χ0v) is 10.9. The minimum Gasteiger partial charge on any atom is -0.493 e. The van der Waals surface area contributed by atoms with Gasteiger partial charge in [0.2, 0.25) is 0 Å². The van der Waals surface area contributed by atoms with E-state index in [0.717, 1.165) is 36.3 Å². The van der Waals surface area contributed by atoms with E-state index in [0.29, 0.717) is 12.5 Å². The number of benzene rings is 1. The molecule has 0 spiro atoms. The van der Waals surface area contributed by atoms with Crippen molar-refractivity contribution in [2.24, 2.45) is 5.92 Å². The van der Waals surface area contributed by atoms with Crippen molar-refractivity contribution in [2.75, 3.05) is 26.7 Å². The summed E-state index contributed by atoms with van der Waals surface area (Å²) in [6.07, 6.45) is 4.18. The molecule has 2 aliphatic heterocycles. The number of likely N-dealkylation sites (tertiary alicyclic amines) is 1. The van der Waals surface area contributed by atoms with E-state index in [2.05, 4.69) is 11.9 Å². The molecule has 18 heavy (non-hydrogen) atoms. The molecule has 3 heteroatoms. The van der Waals surface area contributed by atoms with Crippen LogP contribution in [0.15, 0.2) is 12.1 Å². The molecule has 0 N–H and O–H groups in total. The summed E-state index contributed by atoms with van der Waals surface area (Å²) in [4.78, 5) is 2.35. The summed E-state index contributed by atoms with van der Waals surface area (Å²) in [5.41, 5.74) is 2.02. The van der Waals surface area contributed by atoms with Crippen LogP contribution >= 0.6 is 0 Å². The van der Waals surface area contributed by atoms with Gasteiger partial charge in [-0.15, -0.1) is 0 Å². The Kier molecular flexibility index (Phi) is 3.25. The molecular formula is C15H20FNO. The summed E-state index contributed by atoms with van der Waals surface area (Å²) in [5, 5.41) is 0. The molecule has 1 fully saturated rings. The largest absolute Gasteiger partial charge is 0.493 e. The summed E-state index contributed by atoms with van der Waals surface area (Å²) in [6, 6.07) is 3.33. The highest BCUT2D eigenvalue weighted by atomic mass is 19.1. The van der Waals surface area contributed by atoms with Crippen LogP contribution in [0.2, 0.25) is 0 Å². The molecular weight excluding hydrogens is 229 g/mol. The van der Waals surface area contributed by atoms with Crippen molar-refractivity contribution < 1.29 is 9.13 Å². The van der Waals surface area contributed by atoms with Gasteiger partial charge in [-0.25, -0.2) is 4.39 Å². The first-order chi connectivity index (χ1) is 8.74. The molecule has 2 aliphatic rings. The van der Waals surface area contributed by atoms with E-state index < -0.39 is 0 Å². The highest BCUT2D eigenvalue weighted by molar-refractivity contribution is 5.43. The summed E-state index contributed by atoms with van der Waals surface area (Å²) in [7, 11) is 2.15. The zero-order valence-electron chi connectivity index (χ0n) is 10.9. The van der Waals surface area contributed by atoms with Crippen LogP contribution in [-0.4, -0.2) is 31.6 Å². The first kappa shape index (κ1) is 12.0. The van der Waals surface area contributed by atoms with Crippen LogP contribution < -0.4 is 4.74 Å². The molecule has 3 rings (SSSR count). The van der Waals surface area contributed by atoms with Crippen molar-refractivity contribution in [1.29, 1.82) is 0 Å². The standard InChI is InChI=1S/C15H20FNO/c1-17-7-2-3-11(10-17)9-13-12-6-8-18-15(12)5-4-14(13)16/h4-5,11H,2-3,6-10H2,1H3/t11-/m0/s1. The highest BCUT2D eigenvalue weighted by Gasteiger charge is 2.24. The summed E-state index contributed by atoms with van der Waals surface area (Å²) < 4.78 is 19.6. The second kappa shape index (κ2) is 4.88. The number of piperidine rings is 1. The SMILES string of the molecule is CN1CCC[C@@H](Cc2c(F)ccc3c2CCO3)C1. The zero-order chi connectivity index (χ0) is 12.5. The second-order valence-corrected chi connectivity index (χ2v) is 5.58. The van der Waals surface area contributed by atoms with E-state index in [-0.39, 0.29) is 5.82 Å². The Hall–Kier alpha value is -1.09. The third kappa shape index (κ3) is 2.24. The van der Waals surface area contributed by atoms with Gasteiger partial charge in [0.1, 0.15) is 11.6 Å². The summed E-state index contributed by atoms with van der Waals surface area (Å²) in [6.45, 7) is 2.97. The van der Waals surface area contributed by atoms with Crippen molar-refractivity contribution in [1.82, 2.24) is 4.90 Å². The highest BCUT2D eigenvalue weighted by Crippen LogP contribution is 2.32. The average molecular weight is 249 g/mol. The Morgan fingerprint density at radius 3 is 3.17 bits per heavy atom. The van der Waals surface area contributed by atoms with E-state index in [1.807, 2.05) is 0 Å². The van der Waals surface area contributed by atoms with Crippen molar-refractivity contribution in [3.05, 3.63) is 29.1 Å². The average Bonchev–Trinajstić information content (AvgIpc) is 2.81. The Bertz CT molecular complexity index is 446. The van der Waals surface area contributed by atoms with E-state index in [1.165, 1.54) is 19.4 Å². The third-order valence-electron chi connectivity index (χ3n) is 4.16. The maximum atomic E-state index is 14.0. The van der Waals surface area contributed by atoms with Crippen LogP contribution in [0.1, 0.15) is 24.0 Å². The van der Waals surface area contributed by atoms with Gasteiger partial charge in [0.15, 0.2) is 0 Å². The summed E-state index contributed by atoms with van der Waals surface area (Å²) >= 11 is 0. The van der Waals surface area contributed by atoms with Gasteiger partial charge < -0.3 is 9.64 Å². The number of halogens is 1. The number of rotatable bonds is 2. The van der Waals surface area contributed by atoms with E-state index in [1.54, 1.807) is 12.1 Å². The van der Waals surface area contributed by atoms with Gasteiger partial charge >= 0.3 is 0 Å². The van der Waals surface area contributed by atoms with Gasteiger partial charge in [-0.3, -0.25) is 0 Å². The Morgan fingerprint density at radius 2 is 2.33 bits per heavy atom. The van der Waals surface area contributed by atoms with E-state index >= 15 is 0 Å². The molecule has 0 amide bonds. The molecule has 98 valence electrons.